The lowest BCUT2D eigenvalue weighted by atomic mass is 10.1. The van der Waals surface area contributed by atoms with Gasteiger partial charge in [-0.1, -0.05) is 6.07 Å². The number of aryl methyl sites for hydroxylation is 2. The fourth-order valence-electron chi connectivity index (χ4n) is 3.31. The molecule has 1 aromatic carbocycles. The van der Waals surface area contributed by atoms with Crippen LogP contribution in [0.15, 0.2) is 30.3 Å². The number of hydrogen-bond acceptors (Lipinski definition) is 4. The van der Waals surface area contributed by atoms with Crippen molar-refractivity contribution >= 4 is 16.7 Å². The van der Waals surface area contributed by atoms with Crippen molar-refractivity contribution in [3.05, 3.63) is 41.6 Å². The van der Waals surface area contributed by atoms with Gasteiger partial charge in [-0.2, -0.15) is 0 Å². The Labute approximate surface area is 142 Å². The Bertz CT molecular complexity index is 875. The number of likely N-dealkylation sites (N-methyl/N-ethyl adjacent to an activating group) is 1. The van der Waals surface area contributed by atoms with Crippen LogP contribution in [0, 0.1) is 13.8 Å². The lowest BCUT2D eigenvalue weighted by Crippen LogP contribution is -2.44. The van der Waals surface area contributed by atoms with Crippen molar-refractivity contribution in [2.45, 2.75) is 13.8 Å². The maximum atomic E-state index is 4.78. The van der Waals surface area contributed by atoms with E-state index >= 15 is 0 Å². The van der Waals surface area contributed by atoms with Gasteiger partial charge in [0.1, 0.15) is 5.69 Å². The lowest BCUT2D eigenvalue weighted by Gasteiger charge is -2.34. The number of rotatable bonds is 2. The predicted molar refractivity (Wildman–Crippen MR) is 98.5 cm³/mol. The Kier molecular flexibility index (Phi) is 3.73. The van der Waals surface area contributed by atoms with Crippen molar-refractivity contribution in [2.24, 2.45) is 0 Å². The fraction of sp³-hybridized carbons (Fsp3) is 0.368. The molecule has 5 heteroatoms. The highest BCUT2D eigenvalue weighted by molar-refractivity contribution is 5.85. The molecule has 1 N–H and O–H groups in total. The summed E-state index contributed by atoms with van der Waals surface area (Å²) in [4.78, 5) is 17.6. The average molecular weight is 321 g/mol. The molecule has 1 saturated heterocycles. The van der Waals surface area contributed by atoms with Crippen LogP contribution in [0.25, 0.3) is 22.6 Å². The summed E-state index contributed by atoms with van der Waals surface area (Å²) in [5.74, 6) is 0.840. The van der Waals surface area contributed by atoms with Gasteiger partial charge in [-0.25, -0.2) is 9.97 Å². The minimum absolute atomic E-state index is 0.840. The molecule has 5 nitrogen and oxygen atoms in total. The molecule has 0 amide bonds. The number of H-pyrrole nitrogens is 1. The summed E-state index contributed by atoms with van der Waals surface area (Å²) in [5, 5.41) is 0. The van der Waals surface area contributed by atoms with E-state index in [4.69, 9.17) is 4.98 Å². The Hall–Kier alpha value is -2.40. The van der Waals surface area contributed by atoms with Gasteiger partial charge in [0.2, 0.25) is 0 Å². The first-order valence-corrected chi connectivity index (χ1v) is 8.48. The van der Waals surface area contributed by atoms with Crippen LogP contribution in [0.4, 0.5) is 5.69 Å². The number of nitrogens with one attached hydrogen (secondary N) is 1. The third kappa shape index (κ3) is 2.76. The van der Waals surface area contributed by atoms with Gasteiger partial charge < -0.3 is 14.8 Å². The van der Waals surface area contributed by atoms with E-state index in [1.807, 2.05) is 25.1 Å². The molecule has 124 valence electrons. The molecule has 2 aromatic heterocycles. The summed E-state index contributed by atoms with van der Waals surface area (Å²) in [6.07, 6.45) is 0. The van der Waals surface area contributed by atoms with Crippen LogP contribution in [-0.4, -0.2) is 53.1 Å². The van der Waals surface area contributed by atoms with E-state index in [0.717, 1.165) is 54.4 Å². The number of benzene rings is 1. The van der Waals surface area contributed by atoms with Crippen molar-refractivity contribution in [1.29, 1.82) is 0 Å². The predicted octanol–water partition coefficient (Wildman–Crippen LogP) is 2.99. The van der Waals surface area contributed by atoms with Crippen LogP contribution in [0.3, 0.4) is 0 Å². The van der Waals surface area contributed by atoms with E-state index in [0.29, 0.717) is 0 Å². The second kappa shape index (κ2) is 5.91. The van der Waals surface area contributed by atoms with E-state index in [1.165, 1.54) is 11.3 Å². The summed E-state index contributed by atoms with van der Waals surface area (Å²) in [6.45, 7) is 8.50. The average Bonchev–Trinajstić information content (AvgIpc) is 3.00. The van der Waals surface area contributed by atoms with Crippen molar-refractivity contribution in [1.82, 2.24) is 19.9 Å². The second-order valence-corrected chi connectivity index (χ2v) is 6.70. The SMILES string of the molecule is Cc1cccc(-c2nc3c(C)cc(N4CCN(C)CC4)cc3[nH]2)n1. The van der Waals surface area contributed by atoms with Crippen LogP contribution in [-0.2, 0) is 0 Å². The van der Waals surface area contributed by atoms with Gasteiger partial charge in [0, 0.05) is 37.6 Å². The molecule has 0 aliphatic carbocycles. The fourth-order valence-corrected chi connectivity index (χ4v) is 3.31. The van der Waals surface area contributed by atoms with Crippen LogP contribution in [0.1, 0.15) is 11.3 Å². The molecule has 0 radical (unpaired) electrons. The van der Waals surface area contributed by atoms with Gasteiger partial charge in [-0.3, -0.25) is 0 Å². The molecule has 0 atom stereocenters. The van der Waals surface area contributed by atoms with Gasteiger partial charge in [-0.15, -0.1) is 0 Å². The molecule has 0 spiro atoms. The molecule has 3 aromatic rings. The molecular weight excluding hydrogens is 298 g/mol. The number of imidazole rings is 1. The van der Waals surface area contributed by atoms with Crippen LogP contribution >= 0.6 is 0 Å². The third-order valence-electron chi connectivity index (χ3n) is 4.76. The Morgan fingerprint density at radius 3 is 2.54 bits per heavy atom. The quantitative estimate of drug-likeness (QED) is 0.788. The molecule has 24 heavy (non-hydrogen) atoms. The maximum Gasteiger partial charge on any atom is 0.157 e. The number of anilines is 1. The minimum atomic E-state index is 0.840. The molecular formula is C19H23N5. The van der Waals surface area contributed by atoms with Crippen molar-refractivity contribution in [2.75, 3.05) is 38.1 Å². The third-order valence-corrected chi connectivity index (χ3v) is 4.76. The lowest BCUT2D eigenvalue weighted by molar-refractivity contribution is 0.313. The van der Waals surface area contributed by atoms with Crippen molar-refractivity contribution < 1.29 is 0 Å². The second-order valence-electron chi connectivity index (χ2n) is 6.70. The van der Waals surface area contributed by atoms with Crippen LogP contribution in [0.2, 0.25) is 0 Å². The molecule has 4 rings (SSSR count). The van der Waals surface area contributed by atoms with Crippen LogP contribution < -0.4 is 4.90 Å². The monoisotopic (exact) mass is 321 g/mol. The summed E-state index contributed by atoms with van der Waals surface area (Å²) < 4.78 is 0. The highest BCUT2D eigenvalue weighted by Crippen LogP contribution is 2.27. The first-order valence-electron chi connectivity index (χ1n) is 8.48. The normalized spacial score (nSPS) is 16.0. The maximum absolute atomic E-state index is 4.78. The van der Waals surface area contributed by atoms with Crippen molar-refractivity contribution in [3.8, 4) is 11.5 Å². The van der Waals surface area contributed by atoms with E-state index in [-0.39, 0.29) is 0 Å². The number of pyridine rings is 1. The topological polar surface area (TPSA) is 48.1 Å². The van der Waals surface area contributed by atoms with Gasteiger partial charge >= 0.3 is 0 Å². The molecule has 1 aliphatic rings. The Morgan fingerprint density at radius 2 is 1.79 bits per heavy atom. The first-order chi connectivity index (χ1) is 11.6. The smallest absolute Gasteiger partial charge is 0.157 e. The molecule has 0 saturated carbocycles. The van der Waals surface area contributed by atoms with E-state index < -0.39 is 0 Å². The first kappa shape index (κ1) is 15.1. The zero-order valence-corrected chi connectivity index (χ0v) is 14.5. The number of fused-ring (bicyclic) bond motifs is 1. The number of piperazine rings is 1. The standard InChI is InChI=1S/C19H23N5/c1-13-11-15(24-9-7-23(3)8-10-24)12-17-18(13)22-19(21-17)16-6-4-5-14(2)20-16/h4-6,11-12H,7-10H2,1-3H3,(H,21,22). The summed E-state index contributed by atoms with van der Waals surface area (Å²) in [6, 6.07) is 10.5. The van der Waals surface area contributed by atoms with Gasteiger partial charge in [0.05, 0.1) is 11.0 Å². The van der Waals surface area contributed by atoms with Gasteiger partial charge in [0.15, 0.2) is 5.82 Å². The highest BCUT2D eigenvalue weighted by atomic mass is 15.2. The van der Waals surface area contributed by atoms with E-state index in [9.17, 15) is 0 Å². The Balaban J connectivity index is 1.73. The molecule has 1 fully saturated rings. The number of hydrogen-bond donors (Lipinski definition) is 1. The molecule has 1 aliphatic heterocycles. The Morgan fingerprint density at radius 1 is 1.00 bits per heavy atom. The highest BCUT2D eigenvalue weighted by Gasteiger charge is 2.17. The van der Waals surface area contributed by atoms with Crippen LogP contribution in [0.5, 0.6) is 0 Å². The number of nitrogens with zero attached hydrogens (tertiary/aromatic N) is 4. The van der Waals surface area contributed by atoms with Crippen molar-refractivity contribution in [3.63, 3.8) is 0 Å². The summed E-state index contributed by atoms with van der Waals surface area (Å²) >= 11 is 0. The summed E-state index contributed by atoms with van der Waals surface area (Å²) in [7, 11) is 2.18. The van der Waals surface area contributed by atoms with Gasteiger partial charge in [0.25, 0.3) is 0 Å². The number of aromatic nitrogens is 3. The summed E-state index contributed by atoms with van der Waals surface area (Å²) in [5.41, 5.74) is 6.50. The molecule has 3 heterocycles. The minimum Gasteiger partial charge on any atom is -0.369 e. The zero-order chi connectivity index (χ0) is 16.7. The van der Waals surface area contributed by atoms with E-state index in [2.05, 4.69) is 45.9 Å². The number of aromatic amines is 1. The molecule has 0 bridgehead atoms. The molecule has 0 unspecified atom stereocenters. The van der Waals surface area contributed by atoms with Gasteiger partial charge in [-0.05, 0) is 50.7 Å². The largest absolute Gasteiger partial charge is 0.369 e. The van der Waals surface area contributed by atoms with E-state index in [1.54, 1.807) is 0 Å². The zero-order valence-electron chi connectivity index (χ0n) is 14.5.